The van der Waals surface area contributed by atoms with Crippen LogP contribution in [0.3, 0.4) is 0 Å². The van der Waals surface area contributed by atoms with Gasteiger partial charge >= 0.3 is 5.69 Å². The van der Waals surface area contributed by atoms with Crippen molar-refractivity contribution in [3.63, 3.8) is 0 Å². The van der Waals surface area contributed by atoms with Crippen LogP contribution < -0.4 is 21.8 Å². The van der Waals surface area contributed by atoms with Crippen molar-refractivity contribution in [2.24, 2.45) is 4.99 Å². The Morgan fingerprint density at radius 1 is 1.30 bits per heavy atom. The lowest BCUT2D eigenvalue weighted by Crippen LogP contribution is -2.25. The van der Waals surface area contributed by atoms with E-state index in [1.165, 1.54) is 0 Å². The fourth-order valence-corrected chi connectivity index (χ4v) is 3.07. The van der Waals surface area contributed by atoms with E-state index in [0.29, 0.717) is 22.4 Å². The van der Waals surface area contributed by atoms with Crippen molar-refractivity contribution in [1.29, 1.82) is 0 Å². The minimum Gasteiger partial charge on any atom is -0.493 e. The second-order valence-electron chi connectivity index (χ2n) is 7.18. The molecule has 0 amide bonds. The van der Waals surface area contributed by atoms with Gasteiger partial charge in [-0.05, 0) is 43.5 Å². The number of pyridine rings is 1. The number of aromatic nitrogens is 7. The van der Waals surface area contributed by atoms with Crippen LogP contribution in [0.5, 0.6) is 5.88 Å². The van der Waals surface area contributed by atoms with Gasteiger partial charge in [-0.1, -0.05) is 0 Å². The monoisotopic (exact) mass is 405 g/mol. The van der Waals surface area contributed by atoms with Crippen molar-refractivity contribution >= 4 is 17.7 Å². The van der Waals surface area contributed by atoms with Crippen molar-refractivity contribution in [3.8, 4) is 5.88 Å². The number of nitrogens with zero attached hydrogens (tertiary/aromatic N) is 6. The van der Waals surface area contributed by atoms with E-state index < -0.39 is 5.69 Å². The molecule has 0 spiro atoms. The number of anilines is 1. The zero-order valence-corrected chi connectivity index (χ0v) is 16.1. The number of rotatable bonds is 5. The summed E-state index contributed by atoms with van der Waals surface area (Å²) >= 11 is 0. The molecule has 0 aliphatic heterocycles. The van der Waals surface area contributed by atoms with Gasteiger partial charge in [-0.25, -0.2) is 9.79 Å². The smallest absolute Gasteiger partial charge is 0.326 e. The molecule has 152 valence electrons. The molecule has 4 N–H and O–H groups in total. The highest BCUT2D eigenvalue weighted by atomic mass is 16.3. The normalized spacial score (nSPS) is 16.3. The average molecular weight is 405 g/mol. The second kappa shape index (κ2) is 7.10. The van der Waals surface area contributed by atoms with E-state index in [-0.39, 0.29) is 23.7 Å². The van der Waals surface area contributed by atoms with E-state index in [2.05, 4.69) is 40.3 Å². The van der Waals surface area contributed by atoms with Gasteiger partial charge in [0, 0.05) is 17.6 Å². The number of imidazole rings is 1. The largest absolute Gasteiger partial charge is 0.493 e. The third-order valence-electron chi connectivity index (χ3n) is 4.81. The summed E-state index contributed by atoms with van der Waals surface area (Å²) in [7, 11) is 0. The van der Waals surface area contributed by atoms with Crippen LogP contribution in [0.4, 0.5) is 5.95 Å². The number of fused-ring (bicyclic) bond motifs is 1. The van der Waals surface area contributed by atoms with Gasteiger partial charge in [-0.2, -0.15) is 19.6 Å². The number of hydrogen-bond acceptors (Lipinski definition) is 8. The maximum Gasteiger partial charge on any atom is 0.326 e. The molecule has 30 heavy (non-hydrogen) atoms. The first-order chi connectivity index (χ1) is 14.6. The minimum atomic E-state index is -0.497. The maximum absolute atomic E-state index is 11.4. The molecule has 1 aliphatic rings. The first kappa shape index (κ1) is 18.0. The van der Waals surface area contributed by atoms with Gasteiger partial charge in [0.25, 0.3) is 5.62 Å². The summed E-state index contributed by atoms with van der Waals surface area (Å²) < 4.78 is 1.56. The molecular weight excluding hydrogens is 386 g/mol. The second-order valence-corrected chi connectivity index (χ2v) is 7.18. The van der Waals surface area contributed by atoms with Gasteiger partial charge in [0.05, 0.1) is 18.3 Å². The van der Waals surface area contributed by atoms with E-state index in [1.54, 1.807) is 29.2 Å². The lowest BCUT2D eigenvalue weighted by Gasteiger charge is -2.13. The predicted octanol–water partition coefficient (Wildman–Crippen LogP) is 0.0252. The van der Waals surface area contributed by atoms with Crippen molar-refractivity contribution in [3.05, 3.63) is 63.3 Å². The molecule has 0 bridgehead atoms. The maximum atomic E-state index is 11.4. The zero-order valence-electron chi connectivity index (χ0n) is 16.1. The highest BCUT2D eigenvalue weighted by molar-refractivity contribution is 5.57. The van der Waals surface area contributed by atoms with Gasteiger partial charge in [-0.3, -0.25) is 9.97 Å². The van der Waals surface area contributed by atoms with E-state index in [9.17, 15) is 9.90 Å². The van der Waals surface area contributed by atoms with Gasteiger partial charge < -0.3 is 15.4 Å². The fraction of sp³-hybridized carbons (Fsp3) is 0.263. The van der Waals surface area contributed by atoms with Crippen molar-refractivity contribution in [2.45, 2.75) is 31.8 Å². The molecule has 0 saturated heterocycles. The summed E-state index contributed by atoms with van der Waals surface area (Å²) in [5, 5.41) is 18.1. The van der Waals surface area contributed by atoms with Gasteiger partial charge in [-0.15, -0.1) is 0 Å². The molecule has 4 aromatic heterocycles. The highest BCUT2D eigenvalue weighted by Crippen LogP contribution is 2.22. The molecule has 1 saturated carbocycles. The van der Waals surface area contributed by atoms with Crippen LogP contribution in [0.1, 0.15) is 37.1 Å². The lowest BCUT2D eigenvalue weighted by atomic mass is 10.1. The third-order valence-corrected chi connectivity index (χ3v) is 4.81. The molecule has 11 nitrogen and oxygen atoms in total. The molecule has 1 fully saturated rings. The topological polar surface area (TPSA) is 149 Å². The summed E-state index contributed by atoms with van der Waals surface area (Å²) in [4.78, 5) is 34.1. The molecule has 11 heteroatoms. The van der Waals surface area contributed by atoms with E-state index >= 15 is 0 Å². The minimum absolute atomic E-state index is 0.0513. The first-order valence-electron chi connectivity index (χ1n) is 9.56. The summed E-state index contributed by atoms with van der Waals surface area (Å²) in [5.74, 6) is 0.161. The van der Waals surface area contributed by atoms with Crippen LogP contribution in [0.15, 0.2) is 40.5 Å². The predicted molar refractivity (Wildman–Crippen MR) is 108 cm³/mol. The molecular formula is C19H19N9O2. The fourth-order valence-electron chi connectivity index (χ4n) is 3.07. The number of aromatic hydroxyl groups is 1. The number of hydrogen-bond donors (Lipinski definition) is 4. The molecule has 0 aromatic carbocycles. The Hall–Kier alpha value is -4.02. The Kier molecular flexibility index (Phi) is 4.27. The third kappa shape index (κ3) is 3.52. The number of H-pyrrole nitrogens is 2. The van der Waals surface area contributed by atoms with Crippen LogP contribution in [0, 0.1) is 0 Å². The lowest BCUT2D eigenvalue weighted by molar-refractivity contribution is 0.454. The molecule has 1 atom stereocenters. The Labute approximate surface area is 169 Å². The summed E-state index contributed by atoms with van der Waals surface area (Å²) in [6.07, 6.45) is 8.72. The SMILES string of the molecule is CC(Nc1nc(=NC2CC2)n2nc/c(=C\c3[nH]c(=O)[nH]c3O)c2n1)c1ccncc1. The molecule has 1 unspecified atom stereocenters. The van der Waals surface area contributed by atoms with Gasteiger partial charge in [0.1, 0.15) is 5.69 Å². The van der Waals surface area contributed by atoms with Crippen molar-refractivity contribution < 1.29 is 5.11 Å². The number of nitrogens with one attached hydrogen (secondary N) is 3. The molecule has 4 heterocycles. The molecule has 0 radical (unpaired) electrons. The molecule has 5 rings (SSSR count). The van der Waals surface area contributed by atoms with Crippen molar-refractivity contribution in [1.82, 2.24) is 34.5 Å². The Morgan fingerprint density at radius 3 is 2.80 bits per heavy atom. The standard InChI is InChI=1S/C19H19N9O2/c1-10(11-4-6-20-7-5-11)22-17-25-15-12(8-14-16(29)26-19(30)24-14)9-21-28(15)18(27-17)23-13-2-3-13/h4-10,13,29H,2-3H2,1H3,(H,22,23,27)(H2,24,26,30)/b12-8+. The molecule has 4 aromatic rings. The summed E-state index contributed by atoms with van der Waals surface area (Å²) in [6, 6.07) is 4.05. The van der Waals surface area contributed by atoms with Crippen LogP contribution >= 0.6 is 0 Å². The van der Waals surface area contributed by atoms with Crippen molar-refractivity contribution in [2.75, 3.05) is 5.32 Å². The van der Waals surface area contributed by atoms with E-state index in [0.717, 1.165) is 18.4 Å². The van der Waals surface area contributed by atoms with E-state index in [1.807, 2.05) is 19.1 Å². The van der Waals surface area contributed by atoms with Crippen LogP contribution in [-0.4, -0.2) is 45.7 Å². The van der Waals surface area contributed by atoms with E-state index in [4.69, 9.17) is 0 Å². The molecule has 1 aliphatic carbocycles. The quantitative estimate of drug-likeness (QED) is 0.366. The highest BCUT2D eigenvalue weighted by Gasteiger charge is 2.21. The van der Waals surface area contributed by atoms with Crippen LogP contribution in [-0.2, 0) is 0 Å². The van der Waals surface area contributed by atoms with Gasteiger partial charge in [0.2, 0.25) is 11.8 Å². The Bertz CT molecular complexity index is 1380. The summed E-state index contributed by atoms with van der Waals surface area (Å²) in [6.45, 7) is 2.01. The Balaban J connectivity index is 1.63. The van der Waals surface area contributed by atoms with Crippen LogP contribution in [0.2, 0.25) is 0 Å². The average Bonchev–Trinajstić information content (AvgIpc) is 3.37. The summed E-state index contributed by atoms with van der Waals surface area (Å²) in [5.41, 5.74) is 1.76. The van der Waals surface area contributed by atoms with Crippen LogP contribution in [0.25, 0.3) is 11.7 Å². The Morgan fingerprint density at radius 2 is 2.10 bits per heavy atom. The first-order valence-corrected chi connectivity index (χ1v) is 9.56. The van der Waals surface area contributed by atoms with Gasteiger partial charge in [0.15, 0.2) is 5.65 Å². The zero-order chi connectivity index (χ0) is 20.7. The number of aromatic amines is 2.